The molecule has 22 rings (SSSR count). The third kappa shape index (κ3) is 12.7. The highest BCUT2D eigenvalue weighted by Crippen LogP contribution is 2.44. The summed E-state index contributed by atoms with van der Waals surface area (Å²) in [5.41, 5.74) is 8.70. The molecule has 0 amide bonds. The maximum Gasteiger partial charge on any atom is 0.569 e. The van der Waals surface area contributed by atoms with Crippen LogP contribution in [0.5, 0.6) is 17.2 Å². The molecule has 7 heterocycles. The lowest BCUT2D eigenvalue weighted by Crippen LogP contribution is -2.41. The first-order valence-corrected chi connectivity index (χ1v) is 37.1. The molecule has 545 valence electrons. The fraction of sp³-hybridized carbons (Fsp3) is 0.130. The van der Waals surface area contributed by atoms with Crippen molar-refractivity contribution in [2.45, 2.75) is 77.8 Å². The SMILES string of the molecule is CC1(C)OB(c2ccc3c(c2)oc2ccc4ccccc4c23)OC1(C)C.CC1(C)OB(c2cccc3c2oc2ccc4ccccc4c23)OC1(C)C.O[B]Oc1ccc2c(c1)oc1ccc3ccccc3c12.O[B]Oc1ccc2oc3ccc4ccccc4c3c2c1.O[B]Oc1cccc2c1oc1ccc3ccccc3c12. The molecule has 15 aromatic carbocycles. The summed E-state index contributed by atoms with van der Waals surface area (Å²) in [5.74, 6) is 1.63. The molecule has 2 aliphatic heterocycles. The average molecular weight is 1470 g/mol. The molecule has 15 nitrogen and oxygen atoms in total. The van der Waals surface area contributed by atoms with E-state index in [1.807, 2.05) is 121 Å². The van der Waals surface area contributed by atoms with Gasteiger partial charge in [0.25, 0.3) is 0 Å². The lowest BCUT2D eigenvalue weighted by Gasteiger charge is -2.32. The molecule has 0 saturated carbocycles. The summed E-state index contributed by atoms with van der Waals surface area (Å²) in [4.78, 5) is 0. The lowest BCUT2D eigenvalue weighted by molar-refractivity contribution is 0.00578. The number of benzene rings is 15. The number of rotatable bonds is 8. The van der Waals surface area contributed by atoms with Crippen molar-refractivity contribution < 1.29 is 69.7 Å². The first-order chi connectivity index (χ1) is 54.3. The van der Waals surface area contributed by atoms with Crippen molar-refractivity contribution in [2.24, 2.45) is 0 Å². The molecule has 0 aliphatic carbocycles. The van der Waals surface area contributed by atoms with Gasteiger partial charge in [-0.05, 0) is 188 Å². The Kier molecular flexibility index (Phi) is 18.2. The van der Waals surface area contributed by atoms with E-state index in [0.717, 1.165) is 120 Å². The van der Waals surface area contributed by atoms with E-state index in [1.54, 1.807) is 18.2 Å². The fourth-order valence-electron chi connectivity index (χ4n) is 15.4. The molecule has 5 aromatic heterocycles. The fourth-order valence-corrected chi connectivity index (χ4v) is 15.4. The highest BCUT2D eigenvalue weighted by atomic mass is 16.7. The lowest BCUT2D eigenvalue weighted by atomic mass is 9.78. The van der Waals surface area contributed by atoms with Crippen LogP contribution >= 0.6 is 0 Å². The number of furan rings is 5. The number of hydrogen-bond donors (Lipinski definition) is 3. The highest BCUT2D eigenvalue weighted by molar-refractivity contribution is 6.65. The maximum atomic E-state index is 8.84. The summed E-state index contributed by atoms with van der Waals surface area (Å²) in [6, 6.07) is 91.0. The average Bonchev–Trinajstić information content (AvgIpc) is 2.35. The second-order valence-corrected chi connectivity index (χ2v) is 30.1. The molecule has 3 N–H and O–H groups in total. The molecule has 0 atom stereocenters. The number of hydrogen-bond acceptors (Lipinski definition) is 15. The second-order valence-electron chi connectivity index (χ2n) is 30.1. The van der Waals surface area contributed by atoms with Crippen molar-refractivity contribution in [3.63, 3.8) is 0 Å². The van der Waals surface area contributed by atoms with Crippen LogP contribution in [0.3, 0.4) is 0 Å². The monoisotopic (exact) mass is 1470 g/mol. The minimum atomic E-state index is -0.435. The van der Waals surface area contributed by atoms with Gasteiger partial charge in [0.05, 0.1) is 22.4 Å². The van der Waals surface area contributed by atoms with Gasteiger partial charge in [0.15, 0.2) is 5.58 Å². The molecule has 20 aromatic rings. The Morgan fingerprint density at radius 1 is 0.259 bits per heavy atom. The molecule has 3 radical (unpaired) electrons. The molecule has 0 bridgehead atoms. The number of fused-ring (bicyclic) bond motifs is 25. The summed E-state index contributed by atoms with van der Waals surface area (Å²) in [6.45, 7) is 16.5. The largest absolute Gasteiger partial charge is 0.569 e. The van der Waals surface area contributed by atoms with E-state index < -0.39 is 7.12 Å². The molecule has 0 unspecified atom stereocenters. The van der Waals surface area contributed by atoms with Crippen molar-refractivity contribution in [3.05, 3.63) is 273 Å². The normalized spacial score (nSPS) is 14.8. The van der Waals surface area contributed by atoms with E-state index >= 15 is 0 Å². The van der Waals surface area contributed by atoms with Crippen LogP contribution in [0.2, 0.25) is 0 Å². The molecule has 112 heavy (non-hydrogen) atoms. The first kappa shape index (κ1) is 71.6. The van der Waals surface area contributed by atoms with E-state index in [0.29, 0.717) is 45.9 Å². The molecule has 0 spiro atoms. The Morgan fingerprint density at radius 3 is 1.06 bits per heavy atom. The van der Waals surface area contributed by atoms with Gasteiger partial charge in [-0.1, -0.05) is 194 Å². The van der Waals surface area contributed by atoms with Gasteiger partial charge < -0.3 is 69.7 Å². The van der Waals surface area contributed by atoms with Crippen molar-refractivity contribution in [3.8, 4) is 17.2 Å². The zero-order chi connectivity index (χ0) is 76.8. The van der Waals surface area contributed by atoms with Crippen LogP contribution in [-0.4, -0.2) is 74.8 Å². The standard InChI is InChI=1S/2C22H21BO3.3C16H10BO3/c1-21(2)22(3,4)26-23(25-21)17-11-7-10-16-19-15-9-6-5-8-14(15)12-13-18(19)24-20(16)17;1-21(2)22(3,4)26-23(25-21)15-10-11-17-19(13-15)24-18-12-9-14-7-5-6-8-16(14)20(17)18;18-17-20-14-7-3-6-12-15-11-5-2-1-4-10(11)8-9-13(15)19-16(12)14;18-17-20-11-6-7-13-15(9-11)19-14-8-5-10-3-1-2-4-12(10)16(13)14;18-17-20-11-6-8-14-13(9-11)16-12-4-2-1-3-10(12)5-7-15(16)19-14/h2*5-13H,1-4H3;3*1-9,18H. The van der Waals surface area contributed by atoms with Gasteiger partial charge in [0.1, 0.15) is 67.5 Å². The van der Waals surface area contributed by atoms with Crippen molar-refractivity contribution in [1.29, 1.82) is 0 Å². The van der Waals surface area contributed by atoms with Gasteiger partial charge in [0.2, 0.25) is 0 Å². The highest BCUT2D eigenvalue weighted by Gasteiger charge is 2.53. The summed E-state index contributed by atoms with van der Waals surface area (Å²) in [6.07, 6.45) is 0. The molecule has 2 saturated heterocycles. The van der Waals surface area contributed by atoms with Crippen LogP contribution in [0.25, 0.3) is 164 Å². The molecule has 2 aliphatic rings. The zero-order valence-corrected chi connectivity index (χ0v) is 62.6. The molecular formula is C92H72B5O15. The smallest absolute Gasteiger partial charge is 0.537 e. The Labute approximate surface area is 645 Å². The van der Waals surface area contributed by atoms with Crippen molar-refractivity contribution in [2.75, 3.05) is 0 Å². The minimum absolute atomic E-state index is 0.350. The van der Waals surface area contributed by atoms with E-state index in [1.165, 1.54) is 48.5 Å². The van der Waals surface area contributed by atoms with Gasteiger partial charge in [-0.25, -0.2) is 0 Å². The van der Waals surface area contributed by atoms with Crippen LogP contribution in [0.15, 0.2) is 295 Å². The van der Waals surface area contributed by atoms with Crippen LogP contribution in [0, 0.1) is 0 Å². The summed E-state index contributed by atoms with van der Waals surface area (Å²) >= 11 is 0. The van der Waals surface area contributed by atoms with E-state index in [-0.39, 0.29) is 29.5 Å². The van der Waals surface area contributed by atoms with E-state index in [4.69, 9.17) is 69.7 Å². The van der Waals surface area contributed by atoms with Crippen LogP contribution < -0.4 is 24.9 Å². The summed E-state index contributed by atoms with van der Waals surface area (Å²) in [7, 11) is 1.20. The summed E-state index contributed by atoms with van der Waals surface area (Å²) in [5, 5.41) is 48.9. The quantitative estimate of drug-likeness (QED) is 0.122. The van der Waals surface area contributed by atoms with Crippen LogP contribution in [0.1, 0.15) is 55.4 Å². The van der Waals surface area contributed by atoms with Gasteiger partial charge in [-0.3, -0.25) is 0 Å². The Balaban J connectivity index is 0.0000000983. The predicted molar refractivity (Wildman–Crippen MR) is 453 cm³/mol. The van der Waals surface area contributed by atoms with E-state index in [2.05, 4.69) is 189 Å². The van der Waals surface area contributed by atoms with E-state index in [9.17, 15) is 0 Å². The Bertz CT molecular complexity index is 6950. The topological polar surface area (TPSA) is 191 Å². The van der Waals surface area contributed by atoms with Crippen molar-refractivity contribution in [1.82, 2.24) is 0 Å². The molecule has 20 heteroatoms. The van der Waals surface area contributed by atoms with Crippen molar-refractivity contribution >= 4 is 212 Å². The molecule has 2 fully saturated rings. The van der Waals surface area contributed by atoms with Gasteiger partial charge >= 0.3 is 37.3 Å². The second kappa shape index (κ2) is 28.4. The van der Waals surface area contributed by atoms with Crippen LogP contribution in [-0.2, 0) is 18.6 Å². The van der Waals surface area contributed by atoms with Gasteiger partial charge in [0, 0.05) is 65.4 Å². The summed E-state index contributed by atoms with van der Waals surface area (Å²) < 4.78 is 70.0. The predicted octanol–water partition coefficient (Wildman–Crippen LogP) is 21.0. The molecular weight excluding hydrogens is 1400 g/mol. The third-order valence-electron chi connectivity index (χ3n) is 22.4. The van der Waals surface area contributed by atoms with Gasteiger partial charge in [-0.15, -0.1) is 0 Å². The maximum absolute atomic E-state index is 8.84. The minimum Gasteiger partial charge on any atom is -0.537 e. The van der Waals surface area contributed by atoms with Crippen LogP contribution in [0.4, 0.5) is 0 Å². The number of para-hydroxylation sites is 2. The Hall–Kier alpha value is -12.0. The first-order valence-electron chi connectivity index (χ1n) is 37.1. The van der Waals surface area contributed by atoms with Gasteiger partial charge in [-0.2, -0.15) is 0 Å². The zero-order valence-electron chi connectivity index (χ0n) is 62.6. The third-order valence-corrected chi connectivity index (χ3v) is 22.4. The Morgan fingerprint density at radius 2 is 0.598 bits per heavy atom.